The fourth-order valence-corrected chi connectivity index (χ4v) is 2.49. The van der Waals surface area contributed by atoms with Gasteiger partial charge in [-0.1, -0.05) is 17.7 Å². The summed E-state index contributed by atoms with van der Waals surface area (Å²) in [6.07, 6.45) is 0. The molecule has 0 spiro atoms. The van der Waals surface area contributed by atoms with Gasteiger partial charge in [-0.2, -0.15) is 0 Å². The van der Waals surface area contributed by atoms with E-state index in [2.05, 4.69) is 15.6 Å². The first-order chi connectivity index (χ1) is 12.8. The lowest BCUT2D eigenvalue weighted by Crippen LogP contribution is -2.31. The standard InChI is InChI=1S/C17H19ClFN5O3/c1-8(9-3-4-10(18)11(19)5-9)22-17(26)24-14-6-12(20)15(16(21)27-2)13(7-25)23-14/h3-6,8,21,25H,7H2,1-2H3,(H4,20,22,23,24,26)/t8-/m1/s1. The minimum Gasteiger partial charge on any atom is -0.481 e. The van der Waals surface area contributed by atoms with Crippen molar-refractivity contribution in [2.24, 2.45) is 0 Å². The van der Waals surface area contributed by atoms with Crippen LogP contribution in [0.1, 0.15) is 29.8 Å². The molecule has 10 heteroatoms. The van der Waals surface area contributed by atoms with Gasteiger partial charge in [-0.15, -0.1) is 0 Å². The summed E-state index contributed by atoms with van der Waals surface area (Å²) in [5.74, 6) is -0.754. The van der Waals surface area contributed by atoms with Gasteiger partial charge in [0, 0.05) is 11.8 Å². The summed E-state index contributed by atoms with van der Waals surface area (Å²) in [6.45, 7) is 1.18. The lowest BCUT2D eigenvalue weighted by molar-refractivity contribution is 0.249. The van der Waals surface area contributed by atoms with Crippen LogP contribution in [0.3, 0.4) is 0 Å². The molecule has 0 saturated carbocycles. The Morgan fingerprint density at radius 3 is 2.78 bits per heavy atom. The molecule has 0 fully saturated rings. The molecule has 0 saturated heterocycles. The molecule has 8 nitrogen and oxygen atoms in total. The number of urea groups is 1. The molecule has 0 radical (unpaired) electrons. The smallest absolute Gasteiger partial charge is 0.320 e. The Bertz CT molecular complexity index is 878. The second-order valence-electron chi connectivity index (χ2n) is 5.60. The van der Waals surface area contributed by atoms with E-state index in [1.165, 1.54) is 25.3 Å². The number of aromatic nitrogens is 1. The van der Waals surface area contributed by atoms with E-state index in [-0.39, 0.29) is 33.7 Å². The number of amides is 2. The number of nitrogens with two attached hydrogens (primary N) is 1. The Kier molecular flexibility index (Phi) is 6.54. The zero-order valence-electron chi connectivity index (χ0n) is 14.6. The molecule has 0 aliphatic carbocycles. The van der Waals surface area contributed by atoms with E-state index < -0.39 is 24.5 Å². The van der Waals surface area contributed by atoms with Crippen molar-refractivity contribution in [2.75, 3.05) is 18.2 Å². The Labute approximate surface area is 160 Å². The third kappa shape index (κ3) is 4.83. The number of hydrogen-bond acceptors (Lipinski definition) is 6. The van der Waals surface area contributed by atoms with Gasteiger partial charge in [0.15, 0.2) is 0 Å². The molecule has 2 amide bonds. The summed E-state index contributed by atoms with van der Waals surface area (Å²) in [4.78, 5) is 16.2. The van der Waals surface area contributed by atoms with Crippen molar-refractivity contribution in [1.29, 1.82) is 5.41 Å². The maximum absolute atomic E-state index is 13.5. The molecule has 2 rings (SSSR count). The van der Waals surface area contributed by atoms with E-state index in [9.17, 15) is 14.3 Å². The number of methoxy groups -OCH3 is 1. The van der Waals surface area contributed by atoms with Crippen molar-refractivity contribution in [3.8, 4) is 0 Å². The van der Waals surface area contributed by atoms with Crippen LogP contribution in [0, 0.1) is 11.2 Å². The Balaban J connectivity index is 2.14. The third-order valence-electron chi connectivity index (χ3n) is 3.74. The quantitative estimate of drug-likeness (QED) is 0.392. The van der Waals surface area contributed by atoms with Crippen LogP contribution in [0.4, 0.5) is 20.7 Å². The van der Waals surface area contributed by atoms with Crippen LogP contribution in [-0.2, 0) is 11.3 Å². The highest BCUT2D eigenvalue weighted by molar-refractivity contribution is 6.30. The van der Waals surface area contributed by atoms with Crippen molar-refractivity contribution < 1.29 is 19.0 Å². The highest BCUT2D eigenvalue weighted by Gasteiger charge is 2.17. The van der Waals surface area contributed by atoms with Gasteiger partial charge in [0.05, 0.1) is 36.0 Å². The molecule has 144 valence electrons. The number of pyridine rings is 1. The summed E-state index contributed by atoms with van der Waals surface area (Å²) < 4.78 is 18.4. The zero-order valence-corrected chi connectivity index (χ0v) is 15.4. The molecule has 27 heavy (non-hydrogen) atoms. The van der Waals surface area contributed by atoms with Crippen molar-refractivity contribution in [3.63, 3.8) is 0 Å². The lowest BCUT2D eigenvalue weighted by atomic mass is 10.1. The number of carbonyl (C=O) groups is 1. The largest absolute Gasteiger partial charge is 0.481 e. The predicted octanol–water partition coefficient (Wildman–Crippen LogP) is 2.80. The summed E-state index contributed by atoms with van der Waals surface area (Å²) in [5, 5.41) is 22.3. The fraction of sp³-hybridized carbons (Fsp3) is 0.235. The first-order valence-corrected chi connectivity index (χ1v) is 8.20. The Morgan fingerprint density at radius 1 is 1.48 bits per heavy atom. The predicted molar refractivity (Wildman–Crippen MR) is 100 cm³/mol. The van der Waals surface area contributed by atoms with Gasteiger partial charge in [0.1, 0.15) is 11.6 Å². The number of aliphatic hydroxyl groups is 1. The van der Waals surface area contributed by atoms with Crippen LogP contribution in [0.15, 0.2) is 24.3 Å². The lowest BCUT2D eigenvalue weighted by Gasteiger charge is -2.16. The zero-order chi connectivity index (χ0) is 20.1. The molecular formula is C17H19ClFN5O3. The molecule has 2 aromatic rings. The van der Waals surface area contributed by atoms with E-state index in [1.54, 1.807) is 13.0 Å². The molecule has 1 aromatic carbocycles. The highest BCUT2D eigenvalue weighted by atomic mass is 35.5. The van der Waals surface area contributed by atoms with Crippen molar-refractivity contribution in [2.45, 2.75) is 19.6 Å². The van der Waals surface area contributed by atoms with Crippen molar-refractivity contribution in [3.05, 3.63) is 51.9 Å². The van der Waals surface area contributed by atoms with Gasteiger partial charge in [0.2, 0.25) is 5.90 Å². The number of anilines is 2. The van der Waals surface area contributed by atoms with Gasteiger partial charge in [-0.05, 0) is 24.6 Å². The van der Waals surface area contributed by atoms with Crippen LogP contribution in [-0.4, -0.2) is 29.1 Å². The molecular weight excluding hydrogens is 377 g/mol. The van der Waals surface area contributed by atoms with Crippen LogP contribution in [0.25, 0.3) is 0 Å². The van der Waals surface area contributed by atoms with Crippen LogP contribution >= 0.6 is 11.6 Å². The van der Waals surface area contributed by atoms with Crippen molar-refractivity contribution >= 4 is 35.0 Å². The molecule has 6 N–H and O–H groups in total. The molecule has 0 bridgehead atoms. The third-order valence-corrected chi connectivity index (χ3v) is 4.05. The average Bonchev–Trinajstić information content (AvgIpc) is 2.62. The summed E-state index contributed by atoms with van der Waals surface area (Å²) in [5.41, 5.74) is 6.75. The number of benzene rings is 1. The number of aliphatic hydroxyl groups excluding tert-OH is 1. The monoisotopic (exact) mass is 395 g/mol. The maximum Gasteiger partial charge on any atom is 0.320 e. The normalized spacial score (nSPS) is 11.6. The number of carbonyl (C=O) groups excluding carboxylic acids is 1. The minimum atomic E-state index is -0.608. The average molecular weight is 396 g/mol. The van der Waals surface area contributed by atoms with Gasteiger partial charge in [-0.25, -0.2) is 14.2 Å². The number of nitrogens with zero attached hydrogens (tertiary/aromatic N) is 1. The topological polar surface area (TPSA) is 133 Å². The number of halogens is 2. The first-order valence-electron chi connectivity index (χ1n) is 7.82. The van der Waals surface area contributed by atoms with Gasteiger partial charge in [0.25, 0.3) is 0 Å². The Hall–Kier alpha value is -2.91. The number of nitrogens with one attached hydrogen (secondary N) is 3. The van der Waals surface area contributed by atoms with Crippen molar-refractivity contribution in [1.82, 2.24) is 10.3 Å². The first kappa shape index (κ1) is 20.4. The molecule has 0 unspecified atom stereocenters. The maximum atomic E-state index is 13.5. The van der Waals surface area contributed by atoms with Gasteiger partial charge >= 0.3 is 6.03 Å². The van der Waals surface area contributed by atoms with Crippen LogP contribution in [0.5, 0.6) is 0 Å². The number of hydrogen-bond donors (Lipinski definition) is 5. The summed E-state index contributed by atoms with van der Waals surface area (Å²) in [6, 6.07) is 4.46. The minimum absolute atomic E-state index is 0.00618. The molecule has 1 heterocycles. The SMILES string of the molecule is COC(=N)c1c(N)cc(NC(=O)N[C@H](C)c2ccc(Cl)c(F)c2)nc1CO. The second-order valence-corrected chi connectivity index (χ2v) is 6.01. The summed E-state index contributed by atoms with van der Waals surface area (Å²) in [7, 11) is 1.30. The molecule has 1 atom stereocenters. The summed E-state index contributed by atoms with van der Waals surface area (Å²) >= 11 is 5.65. The van der Waals surface area contributed by atoms with E-state index in [4.69, 9.17) is 27.5 Å². The highest BCUT2D eigenvalue weighted by Crippen LogP contribution is 2.22. The number of nitrogen functional groups attached to an aromatic ring is 1. The molecule has 0 aliphatic heterocycles. The molecule has 0 aliphatic rings. The van der Waals surface area contributed by atoms with E-state index in [1.807, 2.05) is 0 Å². The van der Waals surface area contributed by atoms with Gasteiger partial charge in [-0.3, -0.25) is 10.7 Å². The Morgan fingerprint density at radius 2 is 2.19 bits per heavy atom. The van der Waals surface area contributed by atoms with Gasteiger partial charge < -0.3 is 20.9 Å². The second kappa shape index (κ2) is 8.65. The van der Waals surface area contributed by atoms with E-state index >= 15 is 0 Å². The van der Waals surface area contributed by atoms with E-state index in [0.717, 1.165) is 0 Å². The number of rotatable bonds is 5. The number of ether oxygens (including phenoxy) is 1. The fourth-order valence-electron chi connectivity index (χ4n) is 2.38. The van der Waals surface area contributed by atoms with E-state index in [0.29, 0.717) is 5.56 Å². The molecule has 1 aromatic heterocycles. The van der Waals surface area contributed by atoms with Crippen LogP contribution < -0.4 is 16.4 Å². The van der Waals surface area contributed by atoms with Crippen LogP contribution in [0.2, 0.25) is 5.02 Å².